The molecule has 0 atom stereocenters. The van der Waals surface area contributed by atoms with Gasteiger partial charge in [0.15, 0.2) is 0 Å². The molecule has 1 rings (SSSR count). The van der Waals surface area contributed by atoms with Crippen LogP contribution >= 0.6 is 0 Å². The van der Waals surface area contributed by atoms with Crippen LogP contribution in [0.15, 0.2) is 12.2 Å². The predicted octanol–water partition coefficient (Wildman–Crippen LogP) is 3.70. The van der Waals surface area contributed by atoms with Crippen LogP contribution in [0.2, 0.25) is 0 Å². The second kappa shape index (κ2) is 4.13. The standard InChI is InChI=1S/C12H17N/c1-5-7-11-9(3)10(4)12(13-11)8-6-2/h5-8,13H,1-4H3/b7-5-,8-6-. The first kappa shape index (κ1) is 9.85. The van der Waals surface area contributed by atoms with E-state index in [2.05, 4.69) is 43.1 Å². The number of allylic oxidation sites excluding steroid dienone is 2. The van der Waals surface area contributed by atoms with Crippen LogP contribution in [0.1, 0.15) is 36.4 Å². The molecule has 1 aromatic rings. The van der Waals surface area contributed by atoms with Crippen molar-refractivity contribution in [1.29, 1.82) is 0 Å². The fraction of sp³-hybridized carbons (Fsp3) is 0.333. The monoisotopic (exact) mass is 175 g/mol. The van der Waals surface area contributed by atoms with Gasteiger partial charge in [-0.05, 0) is 51.0 Å². The molecular formula is C12H17N. The zero-order valence-electron chi connectivity index (χ0n) is 8.81. The quantitative estimate of drug-likeness (QED) is 0.705. The molecule has 1 aromatic heterocycles. The lowest BCUT2D eigenvalue weighted by Gasteiger charge is -1.90. The first-order chi connectivity index (χ1) is 6.20. The van der Waals surface area contributed by atoms with E-state index in [1.54, 1.807) is 0 Å². The highest BCUT2D eigenvalue weighted by molar-refractivity contribution is 5.60. The van der Waals surface area contributed by atoms with Gasteiger partial charge in [-0.15, -0.1) is 0 Å². The summed E-state index contributed by atoms with van der Waals surface area (Å²) in [5.41, 5.74) is 5.11. The average Bonchev–Trinajstić information content (AvgIpc) is 2.36. The first-order valence-electron chi connectivity index (χ1n) is 4.65. The van der Waals surface area contributed by atoms with Crippen molar-refractivity contribution in [2.45, 2.75) is 27.7 Å². The fourth-order valence-corrected chi connectivity index (χ4v) is 1.40. The summed E-state index contributed by atoms with van der Waals surface area (Å²) < 4.78 is 0. The molecule has 0 aliphatic carbocycles. The van der Waals surface area contributed by atoms with E-state index >= 15 is 0 Å². The molecule has 0 unspecified atom stereocenters. The smallest absolute Gasteiger partial charge is 0.0414 e. The number of rotatable bonds is 2. The van der Waals surface area contributed by atoms with Crippen molar-refractivity contribution in [1.82, 2.24) is 4.98 Å². The third kappa shape index (κ3) is 1.92. The van der Waals surface area contributed by atoms with Gasteiger partial charge < -0.3 is 4.98 Å². The van der Waals surface area contributed by atoms with Crippen LogP contribution in [0.4, 0.5) is 0 Å². The van der Waals surface area contributed by atoms with Crippen molar-refractivity contribution in [3.8, 4) is 0 Å². The van der Waals surface area contributed by atoms with Crippen LogP contribution in [0.5, 0.6) is 0 Å². The van der Waals surface area contributed by atoms with Crippen LogP contribution < -0.4 is 0 Å². The summed E-state index contributed by atoms with van der Waals surface area (Å²) in [7, 11) is 0. The summed E-state index contributed by atoms with van der Waals surface area (Å²) in [5.74, 6) is 0. The number of nitrogens with one attached hydrogen (secondary N) is 1. The van der Waals surface area contributed by atoms with Crippen molar-refractivity contribution in [3.05, 3.63) is 34.7 Å². The van der Waals surface area contributed by atoms with Gasteiger partial charge in [0.1, 0.15) is 0 Å². The zero-order valence-corrected chi connectivity index (χ0v) is 8.81. The number of hydrogen-bond acceptors (Lipinski definition) is 0. The Hall–Kier alpha value is -1.24. The van der Waals surface area contributed by atoms with Gasteiger partial charge in [0, 0.05) is 11.4 Å². The highest BCUT2D eigenvalue weighted by Gasteiger charge is 2.04. The molecule has 0 fully saturated rings. The van der Waals surface area contributed by atoms with Gasteiger partial charge in [-0.2, -0.15) is 0 Å². The summed E-state index contributed by atoms with van der Waals surface area (Å²) >= 11 is 0. The second-order valence-corrected chi connectivity index (χ2v) is 3.20. The Morgan fingerprint density at radius 1 is 0.846 bits per heavy atom. The maximum atomic E-state index is 3.38. The minimum absolute atomic E-state index is 1.22. The number of H-pyrrole nitrogens is 1. The maximum Gasteiger partial charge on any atom is 0.0414 e. The van der Waals surface area contributed by atoms with Crippen LogP contribution in [0, 0.1) is 13.8 Å². The third-order valence-corrected chi connectivity index (χ3v) is 2.31. The molecule has 0 aromatic carbocycles. The lowest BCUT2D eigenvalue weighted by atomic mass is 10.1. The lowest BCUT2D eigenvalue weighted by Crippen LogP contribution is -1.75. The summed E-state index contributed by atoms with van der Waals surface area (Å²) in [5, 5.41) is 0. The summed E-state index contributed by atoms with van der Waals surface area (Å²) in [4.78, 5) is 3.38. The van der Waals surface area contributed by atoms with Gasteiger partial charge in [-0.1, -0.05) is 12.2 Å². The molecule has 1 nitrogen and oxygen atoms in total. The Morgan fingerprint density at radius 2 is 1.23 bits per heavy atom. The summed E-state index contributed by atoms with van der Waals surface area (Å²) in [6.45, 7) is 8.36. The molecule has 0 aliphatic rings. The van der Waals surface area contributed by atoms with Crippen LogP contribution in [0.3, 0.4) is 0 Å². The molecule has 1 heterocycles. The normalized spacial score (nSPS) is 12.0. The van der Waals surface area contributed by atoms with Crippen molar-refractivity contribution < 1.29 is 0 Å². The molecular weight excluding hydrogens is 158 g/mol. The van der Waals surface area contributed by atoms with Gasteiger partial charge >= 0.3 is 0 Å². The van der Waals surface area contributed by atoms with E-state index in [9.17, 15) is 0 Å². The molecule has 0 saturated carbocycles. The molecule has 0 amide bonds. The van der Waals surface area contributed by atoms with E-state index in [1.807, 2.05) is 13.8 Å². The molecule has 0 aliphatic heterocycles. The lowest BCUT2D eigenvalue weighted by molar-refractivity contribution is 1.32. The Kier molecular flexibility index (Phi) is 3.13. The van der Waals surface area contributed by atoms with E-state index in [0.29, 0.717) is 0 Å². The van der Waals surface area contributed by atoms with Gasteiger partial charge in [0.05, 0.1) is 0 Å². The van der Waals surface area contributed by atoms with E-state index in [0.717, 1.165) is 0 Å². The third-order valence-electron chi connectivity index (χ3n) is 2.31. The van der Waals surface area contributed by atoms with Crippen LogP contribution in [0.25, 0.3) is 12.2 Å². The zero-order chi connectivity index (χ0) is 9.84. The van der Waals surface area contributed by atoms with E-state index in [-0.39, 0.29) is 0 Å². The Morgan fingerprint density at radius 3 is 1.54 bits per heavy atom. The van der Waals surface area contributed by atoms with Crippen LogP contribution in [-0.4, -0.2) is 4.98 Å². The number of aromatic nitrogens is 1. The minimum Gasteiger partial charge on any atom is -0.355 e. The highest BCUT2D eigenvalue weighted by atomic mass is 14.7. The molecule has 0 spiro atoms. The summed E-state index contributed by atoms with van der Waals surface area (Å²) in [6, 6.07) is 0. The highest BCUT2D eigenvalue weighted by Crippen LogP contribution is 2.19. The van der Waals surface area contributed by atoms with Gasteiger partial charge in [0.25, 0.3) is 0 Å². The van der Waals surface area contributed by atoms with Crippen molar-refractivity contribution >= 4 is 12.2 Å². The SMILES string of the molecule is C/C=C\c1[nH]c(/C=C\C)c(C)c1C. The molecule has 0 bridgehead atoms. The molecule has 0 radical (unpaired) electrons. The first-order valence-corrected chi connectivity index (χ1v) is 4.65. The molecule has 13 heavy (non-hydrogen) atoms. The van der Waals surface area contributed by atoms with E-state index < -0.39 is 0 Å². The van der Waals surface area contributed by atoms with Gasteiger partial charge in [-0.25, -0.2) is 0 Å². The van der Waals surface area contributed by atoms with Crippen molar-refractivity contribution in [2.24, 2.45) is 0 Å². The molecule has 1 N–H and O–H groups in total. The molecule has 1 heteroatoms. The number of aromatic amines is 1. The molecule has 70 valence electrons. The topological polar surface area (TPSA) is 15.8 Å². The van der Waals surface area contributed by atoms with Gasteiger partial charge in [-0.3, -0.25) is 0 Å². The average molecular weight is 175 g/mol. The Labute approximate surface area is 80.2 Å². The minimum atomic E-state index is 1.22. The number of hydrogen-bond donors (Lipinski definition) is 1. The van der Waals surface area contributed by atoms with Gasteiger partial charge in [0.2, 0.25) is 0 Å². The maximum absolute atomic E-state index is 3.38. The Bertz CT molecular complexity index is 308. The Balaban J connectivity index is 3.19. The summed E-state index contributed by atoms with van der Waals surface area (Å²) in [6.07, 6.45) is 8.32. The fourth-order valence-electron chi connectivity index (χ4n) is 1.40. The van der Waals surface area contributed by atoms with Crippen molar-refractivity contribution in [2.75, 3.05) is 0 Å². The molecule has 0 saturated heterocycles. The predicted molar refractivity (Wildman–Crippen MR) is 59.7 cm³/mol. The van der Waals surface area contributed by atoms with Crippen LogP contribution in [-0.2, 0) is 0 Å². The van der Waals surface area contributed by atoms with Crippen molar-refractivity contribution in [3.63, 3.8) is 0 Å². The second-order valence-electron chi connectivity index (χ2n) is 3.20. The largest absolute Gasteiger partial charge is 0.355 e. The van der Waals surface area contributed by atoms with E-state index in [4.69, 9.17) is 0 Å². The van der Waals surface area contributed by atoms with E-state index in [1.165, 1.54) is 22.5 Å².